The maximum atomic E-state index is 3.45. The summed E-state index contributed by atoms with van der Waals surface area (Å²) in [4.78, 5) is 0. The van der Waals surface area contributed by atoms with Gasteiger partial charge in [-0.1, -0.05) is 32.0 Å². The molecule has 2 rings (SSSR count). The average Bonchev–Trinajstić information content (AvgIpc) is 2.34. The van der Waals surface area contributed by atoms with Gasteiger partial charge in [0.2, 0.25) is 0 Å². The van der Waals surface area contributed by atoms with Crippen molar-refractivity contribution in [3.63, 3.8) is 0 Å². The first-order chi connectivity index (χ1) is 8.76. The topological polar surface area (TPSA) is 0 Å². The number of allylic oxidation sites excluding steroid dienone is 1. The molecule has 0 saturated carbocycles. The third-order valence-corrected chi connectivity index (χ3v) is 4.11. The minimum atomic E-state index is 0.797. The molecule has 1 unspecified atom stereocenters. The Balaban J connectivity index is 1.91. The van der Waals surface area contributed by atoms with E-state index in [1.807, 2.05) is 0 Å². The molecule has 0 fully saturated rings. The molecule has 1 aliphatic rings. The van der Waals surface area contributed by atoms with Gasteiger partial charge in [0.15, 0.2) is 0 Å². The quantitative estimate of drug-likeness (QED) is 0.611. The molecule has 0 amide bonds. The largest absolute Gasteiger partial charge is 0.126 e. The monoisotopic (exact) mass is 240 g/mol. The van der Waals surface area contributed by atoms with E-state index >= 15 is 0 Å². The summed E-state index contributed by atoms with van der Waals surface area (Å²) in [5.74, 6) is 0.797. The molecule has 0 saturated heterocycles. The van der Waals surface area contributed by atoms with E-state index in [9.17, 15) is 0 Å². The molecule has 0 N–H and O–H groups in total. The molecule has 0 nitrogen and oxygen atoms in total. The van der Waals surface area contributed by atoms with Crippen molar-refractivity contribution in [2.45, 2.75) is 58.8 Å². The lowest BCUT2D eigenvalue weighted by molar-refractivity contribution is 0.561. The lowest BCUT2D eigenvalue weighted by Crippen LogP contribution is -2.18. The van der Waals surface area contributed by atoms with Gasteiger partial charge in [-0.05, 0) is 73.3 Å². The SMILES string of the molecule is CCC(=C=CCCC1Cc2cccc(C)c21)CC. The highest BCUT2D eigenvalue weighted by atomic mass is 14.3. The summed E-state index contributed by atoms with van der Waals surface area (Å²) >= 11 is 0. The van der Waals surface area contributed by atoms with Crippen LogP contribution in [0.15, 0.2) is 35.6 Å². The van der Waals surface area contributed by atoms with Gasteiger partial charge in [0.25, 0.3) is 0 Å². The molecule has 1 atom stereocenters. The van der Waals surface area contributed by atoms with Crippen LogP contribution in [-0.4, -0.2) is 0 Å². The second-order valence-electron chi connectivity index (χ2n) is 5.29. The standard InChI is InChI=1S/C18H24/c1-4-15(5-2)10-6-7-11-16-13-17-12-8-9-14(3)18(16)17/h6,8-9,12,16H,4-5,7,11,13H2,1-3H3. The Morgan fingerprint density at radius 3 is 2.78 bits per heavy atom. The molecule has 0 spiro atoms. The van der Waals surface area contributed by atoms with Crippen molar-refractivity contribution >= 4 is 0 Å². The highest BCUT2D eigenvalue weighted by Crippen LogP contribution is 2.40. The zero-order chi connectivity index (χ0) is 13.0. The van der Waals surface area contributed by atoms with Crippen molar-refractivity contribution in [3.05, 3.63) is 52.3 Å². The van der Waals surface area contributed by atoms with Crippen LogP contribution in [0.2, 0.25) is 0 Å². The summed E-state index contributed by atoms with van der Waals surface area (Å²) in [7, 11) is 0. The normalized spacial score (nSPS) is 16.5. The maximum Gasteiger partial charge on any atom is -0.0113 e. The van der Waals surface area contributed by atoms with Gasteiger partial charge in [-0.2, -0.15) is 0 Å². The summed E-state index contributed by atoms with van der Waals surface area (Å²) in [6, 6.07) is 6.70. The highest BCUT2D eigenvalue weighted by Gasteiger charge is 2.26. The van der Waals surface area contributed by atoms with E-state index in [0.717, 1.165) is 18.8 Å². The molecular formula is C18H24. The molecule has 0 aliphatic heterocycles. The predicted molar refractivity (Wildman–Crippen MR) is 79.0 cm³/mol. The van der Waals surface area contributed by atoms with E-state index in [4.69, 9.17) is 0 Å². The van der Waals surface area contributed by atoms with Gasteiger partial charge in [0.1, 0.15) is 0 Å². The van der Waals surface area contributed by atoms with Crippen LogP contribution in [0.1, 0.15) is 62.1 Å². The van der Waals surface area contributed by atoms with Crippen LogP contribution < -0.4 is 0 Å². The molecule has 96 valence electrons. The van der Waals surface area contributed by atoms with Crippen LogP contribution in [0.5, 0.6) is 0 Å². The zero-order valence-electron chi connectivity index (χ0n) is 11.9. The van der Waals surface area contributed by atoms with Crippen molar-refractivity contribution in [2.24, 2.45) is 0 Å². The van der Waals surface area contributed by atoms with Gasteiger partial charge in [0, 0.05) is 0 Å². The van der Waals surface area contributed by atoms with Crippen LogP contribution >= 0.6 is 0 Å². The fraction of sp³-hybridized carbons (Fsp3) is 0.500. The van der Waals surface area contributed by atoms with Gasteiger partial charge in [0.05, 0.1) is 0 Å². The molecule has 0 bridgehead atoms. The molecule has 1 aromatic carbocycles. The van der Waals surface area contributed by atoms with E-state index in [1.54, 1.807) is 11.1 Å². The van der Waals surface area contributed by atoms with Gasteiger partial charge >= 0.3 is 0 Å². The number of hydrogen-bond acceptors (Lipinski definition) is 0. The van der Waals surface area contributed by atoms with Gasteiger partial charge < -0.3 is 0 Å². The third kappa shape index (κ3) is 2.76. The molecule has 0 aromatic heterocycles. The van der Waals surface area contributed by atoms with Crippen LogP contribution in [-0.2, 0) is 6.42 Å². The van der Waals surface area contributed by atoms with Gasteiger partial charge in [-0.25, -0.2) is 0 Å². The van der Waals surface area contributed by atoms with E-state index in [2.05, 4.69) is 50.8 Å². The molecule has 1 aliphatic carbocycles. The van der Waals surface area contributed by atoms with E-state index in [0.29, 0.717) is 0 Å². The lowest BCUT2D eigenvalue weighted by Gasteiger charge is -2.31. The zero-order valence-corrected chi connectivity index (χ0v) is 11.9. The fourth-order valence-corrected chi connectivity index (χ4v) is 2.94. The first-order valence-corrected chi connectivity index (χ1v) is 7.27. The maximum absolute atomic E-state index is 3.45. The predicted octanol–water partition coefficient (Wildman–Crippen LogP) is 5.32. The molecule has 18 heavy (non-hydrogen) atoms. The Labute approximate surface area is 111 Å². The lowest BCUT2D eigenvalue weighted by atomic mass is 9.73. The second kappa shape index (κ2) is 6.07. The minimum Gasteiger partial charge on any atom is -0.126 e. The molecule has 1 aromatic rings. The van der Waals surface area contributed by atoms with Crippen LogP contribution in [0, 0.1) is 6.92 Å². The Morgan fingerprint density at radius 2 is 2.11 bits per heavy atom. The Kier molecular flexibility index (Phi) is 4.44. The van der Waals surface area contributed by atoms with Crippen molar-refractivity contribution in [3.8, 4) is 0 Å². The third-order valence-electron chi connectivity index (χ3n) is 4.11. The molecule has 0 heterocycles. The number of aryl methyl sites for hydroxylation is 1. The van der Waals surface area contributed by atoms with Crippen molar-refractivity contribution in [1.29, 1.82) is 0 Å². The minimum absolute atomic E-state index is 0.797. The molecular weight excluding hydrogens is 216 g/mol. The number of rotatable bonds is 5. The Morgan fingerprint density at radius 1 is 1.33 bits per heavy atom. The Hall–Kier alpha value is -1.26. The summed E-state index contributed by atoms with van der Waals surface area (Å²) in [5.41, 5.74) is 9.57. The smallest absolute Gasteiger partial charge is 0.0113 e. The molecule has 0 radical (unpaired) electrons. The molecule has 0 heteroatoms. The van der Waals surface area contributed by atoms with Crippen LogP contribution in [0.25, 0.3) is 0 Å². The fourth-order valence-electron chi connectivity index (χ4n) is 2.94. The first kappa shape index (κ1) is 13.2. The highest BCUT2D eigenvalue weighted by molar-refractivity contribution is 5.45. The van der Waals surface area contributed by atoms with Gasteiger partial charge in [-0.15, -0.1) is 5.73 Å². The second-order valence-corrected chi connectivity index (χ2v) is 5.29. The van der Waals surface area contributed by atoms with Crippen LogP contribution in [0.4, 0.5) is 0 Å². The van der Waals surface area contributed by atoms with E-state index in [-0.39, 0.29) is 0 Å². The van der Waals surface area contributed by atoms with Crippen LogP contribution in [0.3, 0.4) is 0 Å². The van der Waals surface area contributed by atoms with Gasteiger partial charge in [-0.3, -0.25) is 0 Å². The Bertz CT molecular complexity index is 453. The average molecular weight is 240 g/mol. The summed E-state index contributed by atoms with van der Waals surface area (Å²) < 4.78 is 0. The summed E-state index contributed by atoms with van der Waals surface area (Å²) in [5, 5.41) is 0. The first-order valence-electron chi connectivity index (χ1n) is 7.27. The van der Waals surface area contributed by atoms with E-state index < -0.39 is 0 Å². The number of hydrogen-bond donors (Lipinski definition) is 0. The number of benzene rings is 1. The van der Waals surface area contributed by atoms with Crippen molar-refractivity contribution in [1.82, 2.24) is 0 Å². The van der Waals surface area contributed by atoms with Crippen molar-refractivity contribution in [2.75, 3.05) is 0 Å². The summed E-state index contributed by atoms with van der Waals surface area (Å²) in [6.45, 7) is 6.67. The summed E-state index contributed by atoms with van der Waals surface area (Å²) in [6.07, 6.45) is 8.26. The number of fused-ring (bicyclic) bond motifs is 1. The van der Waals surface area contributed by atoms with E-state index in [1.165, 1.54) is 30.4 Å². The van der Waals surface area contributed by atoms with Crippen molar-refractivity contribution < 1.29 is 0 Å².